The van der Waals surface area contributed by atoms with Gasteiger partial charge in [-0.1, -0.05) is 44.0 Å². The Morgan fingerprint density at radius 3 is 2.32 bits per heavy atom. The molecular weight excluding hydrogens is 286 g/mol. The Hall–Kier alpha value is -2.32. The lowest BCUT2D eigenvalue weighted by Gasteiger charge is -2.00. The molecule has 3 aromatic rings. The maximum atomic E-state index is 4.00. The zero-order valence-corrected chi connectivity index (χ0v) is 13.8. The molecule has 110 valence electrons. The van der Waals surface area contributed by atoms with Crippen LogP contribution in [0.3, 0.4) is 0 Å². The number of aromatic nitrogens is 1. The molecule has 0 spiro atoms. The van der Waals surface area contributed by atoms with Crippen molar-refractivity contribution in [3.63, 3.8) is 0 Å². The standard InChI is InChI=1S/C20H19NS/c1-6-10-17-13(7-2)15-11-16-14(8-3)19(9-4)22-20(16)12-18(15)21(17)5/h6-12H,2-4H2,1,5H3/b10-6-. The highest BCUT2D eigenvalue weighted by molar-refractivity contribution is 7.20. The summed E-state index contributed by atoms with van der Waals surface area (Å²) in [5, 5.41) is 2.47. The van der Waals surface area contributed by atoms with Gasteiger partial charge in [0.2, 0.25) is 0 Å². The number of hydrogen-bond donors (Lipinski definition) is 0. The lowest BCUT2D eigenvalue weighted by Crippen LogP contribution is -1.90. The number of thiophene rings is 1. The fourth-order valence-corrected chi connectivity index (χ4v) is 4.12. The monoisotopic (exact) mass is 305 g/mol. The van der Waals surface area contributed by atoms with Crippen molar-refractivity contribution in [2.45, 2.75) is 6.92 Å². The summed E-state index contributed by atoms with van der Waals surface area (Å²) >= 11 is 1.76. The topological polar surface area (TPSA) is 4.93 Å². The highest BCUT2D eigenvalue weighted by Crippen LogP contribution is 2.38. The van der Waals surface area contributed by atoms with Crippen molar-refractivity contribution in [3.05, 3.63) is 59.6 Å². The SMILES string of the molecule is C=Cc1sc2cc3c(cc2c1C=C)c(C=C)c(/C=C\C)n3C. The lowest BCUT2D eigenvalue weighted by atomic mass is 10.1. The van der Waals surface area contributed by atoms with E-state index in [0.29, 0.717) is 0 Å². The first-order valence-corrected chi connectivity index (χ1v) is 8.06. The van der Waals surface area contributed by atoms with Gasteiger partial charge in [-0.3, -0.25) is 0 Å². The Labute approximate surface area is 135 Å². The summed E-state index contributed by atoms with van der Waals surface area (Å²) in [6.07, 6.45) is 9.97. The normalized spacial score (nSPS) is 11.5. The van der Waals surface area contributed by atoms with Gasteiger partial charge >= 0.3 is 0 Å². The molecule has 0 atom stereocenters. The first-order chi connectivity index (χ1) is 10.7. The van der Waals surface area contributed by atoms with E-state index >= 15 is 0 Å². The second-order valence-electron chi connectivity index (χ2n) is 5.22. The summed E-state index contributed by atoms with van der Waals surface area (Å²) in [6.45, 7) is 13.9. The van der Waals surface area contributed by atoms with Gasteiger partial charge < -0.3 is 4.57 Å². The number of hydrogen-bond acceptors (Lipinski definition) is 1. The van der Waals surface area contributed by atoms with E-state index in [1.807, 2.05) is 25.2 Å². The molecule has 3 rings (SSSR count). The summed E-state index contributed by atoms with van der Waals surface area (Å²) < 4.78 is 3.49. The Balaban J connectivity index is 2.50. The fraction of sp³-hybridized carbons (Fsp3) is 0.100. The molecule has 1 nitrogen and oxygen atoms in total. The number of benzene rings is 1. The van der Waals surface area contributed by atoms with E-state index in [0.717, 1.165) is 0 Å². The number of fused-ring (bicyclic) bond motifs is 2. The summed E-state index contributed by atoms with van der Waals surface area (Å²) in [7, 11) is 2.10. The van der Waals surface area contributed by atoms with Crippen molar-refractivity contribution in [1.29, 1.82) is 0 Å². The maximum absolute atomic E-state index is 4.00. The van der Waals surface area contributed by atoms with E-state index in [1.165, 1.54) is 42.7 Å². The summed E-state index contributed by atoms with van der Waals surface area (Å²) in [6, 6.07) is 4.52. The lowest BCUT2D eigenvalue weighted by molar-refractivity contribution is 0.954. The van der Waals surface area contributed by atoms with Gasteiger partial charge in [-0.05, 0) is 30.7 Å². The van der Waals surface area contributed by atoms with Crippen LogP contribution < -0.4 is 0 Å². The van der Waals surface area contributed by atoms with Gasteiger partial charge in [-0.25, -0.2) is 0 Å². The fourth-order valence-electron chi connectivity index (χ4n) is 3.05. The minimum absolute atomic E-state index is 1.17. The Bertz CT molecular complexity index is 948. The number of allylic oxidation sites excluding steroid dienone is 1. The van der Waals surface area contributed by atoms with E-state index in [4.69, 9.17) is 0 Å². The van der Waals surface area contributed by atoms with Gasteiger partial charge in [-0.2, -0.15) is 0 Å². The maximum Gasteiger partial charge on any atom is 0.0503 e. The highest BCUT2D eigenvalue weighted by atomic mass is 32.1. The number of nitrogens with zero attached hydrogens (tertiary/aromatic N) is 1. The van der Waals surface area contributed by atoms with Crippen molar-refractivity contribution in [2.75, 3.05) is 0 Å². The van der Waals surface area contributed by atoms with E-state index < -0.39 is 0 Å². The van der Waals surface area contributed by atoms with Gasteiger partial charge in [0.05, 0.1) is 5.52 Å². The van der Waals surface area contributed by atoms with E-state index in [1.54, 1.807) is 11.3 Å². The van der Waals surface area contributed by atoms with Crippen LogP contribution in [0.5, 0.6) is 0 Å². The molecule has 0 saturated carbocycles. The first-order valence-electron chi connectivity index (χ1n) is 7.25. The smallest absolute Gasteiger partial charge is 0.0503 e. The minimum Gasteiger partial charge on any atom is -0.344 e. The zero-order chi connectivity index (χ0) is 15.9. The largest absolute Gasteiger partial charge is 0.344 e. The molecule has 0 amide bonds. The van der Waals surface area contributed by atoms with Gasteiger partial charge in [0.15, 0.2) is 0 Å². The Kier molecular flexibility index (Phi) is 3.63. The van der Waals surface area contributed by atoms with E-state index in [2.05, 4.69) is 55.6 Å². The summed E-state index contributed by atoms with van der Waals surface area (Å²) in [5.41, 5.74) is 4.76. The third-order valence-electron chi connectivity index (χ3n) is 4.08. The van der Waals surface area contributed by atoms with E-state index in [9.17, 15) is 0 Å². The van der Waals surface area contributed by atoms with Crippen LogP contribution in [0.25, 0.3) is 45.3 Å². The molecule has 0 N–H and O–H groups in total. The van der Waals surface area contributed by atoms with Crippen molar-refractivity contribution in [2.24, 2.45) is 7.05 Å². The molecule has 0 unspecified atom stereocenters. The molecule has 0 aliphatic heterocycles. The molecule has 2 heterocycles. The molecular formula is C20H19NS. The highest BCUT2D eigenvalue weighted by Gasteiger charge is 2.15. The minimum atomic E-state index is 1.17. The third-order valence-corrected chi connectivity index (χ3v) is 5.24. The second kappa shape index (κ2) is 5.47. The average Bonchev–Trinajstić information content (AvgIpc) is 3.01. The second-order valence-corrected chi connectivity index (χ2v) is 6.30. The molecule has 0 aliphatic carbocycles. The quantitative estimate of drug-likeness (QED) is 0.529. The van der Waals surface area contributed by atoms with Crippen LogP contribution >= 0.6 is 11.3 Å². The zero-order valence-electron chi connectivity index (χ0n) is 13.0. The molecule has 0 fully saturated rings. The predicted molar refractivity (Wildman–Crippen MR) is 103 cm³/mol. The van der Waals surface area contributed by atoms with Gasteiger partial charge in [0.1, 0.15) is 0 Å². The molecule has 22 heavy (non-hydrogen) atoms. The van der Waals surface area contributed by atoms with Crippen molar-refractivity contribution < 1.29 is 0 Å². The number of rotatable bonds is 4. The van der Waals surface area contributed by atoms with Crippen LogP contribution in [-0.4, -0.2) is 4.57 Å². The van der Waals surface area contributed by atoms with Crippen LogP contribution in [0.2, 0.25) is 0 Å². The molecule has 1 aromatic carbocycles. The van der Waals surface area contributed by atoms with Crippen LogP contribution in [0.4, 0.5) is 0 Å². The molecule has 2 heteroatoms. The number of aryl methyl sites for hydroxylation is 1. The summed E-state index contributed by atoms with van der Waals surface area (Å²) in [4.78, 5) is 1.18. The molecule has 2 aromatic heterocycles. The van der Waals surface area contributed by atoms with Crippen molar-refractivity contribution >= 4 is 56.6 Å². The first kappa shape index (κ1) is 14.6. The van der Waals surface area contributed by atoms with E-state index in [-0.39, 0.29) is 0 Å². The van der Waals surface area contributed by atoms with Crippen molar-refractivity contribution in [1.82, 2.24) is 4.57 Å². The Morgan fingerprint density at radius 2 is 1.73 bits per heavy atom. The van der Waals surface area contributed by atoms with Crippen LogP contribution in [0, 0.1) is 0 Å². The predicted octanol–water partition coefficient (Wildman–Crippen LogP) is 6.36. The van der Waals surface area contributed by atoms with Gasteiger partial charge in [0.25, 0.3) is 0 Å². The third kappa shape index (κ3) is 1.92. The van der Waals surface area contributed by atoms with Gasteiger partial charge in [-0.15, -0.1) is 11.3 Å². The molecule has 0 radical (unpaired) electrons. The molecule has 0 bridgehead atoms. The van der Waals surface area contributed by atoms with Crippen LogP contribution in [0.15, 0.2) is 37.9 Å². The van der Waals surface area contributed by atoms with Crippen molar-refractivity contribution in [3.8, 4) is 0 Å². The van der Waals surface area contributed by atoms with Crippen LogP contribution in [0.1, 0.15) is 28.6 Å². The molecule has 0 saturated heterocycles. The van der Waals surface area contributed by atoms with Crippen LogP contribution in [-0.2, 0) is 7.05 Å². The average molecular weight is 305 g/mol. The Morgan fingerprint density at radius 1 is 1.00 bits per heavy atom. The summed E-state index contributed by atoms with van der Waals surface area (Å²) in [5.74, 6) is 0. The molecule has 0 aliphatic rings. The van der Waals surface area contributed by atoms with Gasteiger partial charge in [0, 0.05) is 38.7 Å².